The second-order valence-corrected chi connectivity index (χ2v) is 9.63. The largest absolute Gasteiger partial charge is 0.507 e. The molecule has 4 rings (SSSR count). The number of benzene rings is 2. The summed E-state index contributed by atoms with van der Waals surface area (Å²) in [6.45, 7) is 1.90. The lowest BCUT2D eigenvalue weighted by Crippen LogP contribution is -2.29. The predicted molar refractivity (Wildman–Crippen MR) is 118 cm³/mol. The molecule has 1 aliphatic rings. The zero-order valence-corrected chi connectivity index (χ0v) is 18.0. The molecule has 158 valence electrons. The third-order valence-electron chi connectivity index (χ3n) is 5.03. The summed E-state index contributed by atoms with van der Waals surface area (Å²) in [6, 6.07) is 15.1. The lowest BCUT2D eigenvalue weighted by Gasteiger charge is -2.24. The van der Waals surface area contributed by atoms with Crippen molar-refractivity contribution in [1.82, 2.24) is 0 Å². The molecule has 1 saturated heterocycles. The maximum absolute atomic E-state index is 13.0. The number of aryl methyl sites for hydroxylation is 1. The molecule has 0 aliphatic carbocycles. The summed E-state index contributed by atoms with van der Waals surface area (Å²) < 4.78 is 23.1. The molecule has 0 bridgehead atoms. The Kier molecular flexibility index (Phi) is 5.26. The number of rotatable bonds is 4. The molecule has 1 unspecified atom stereocenters. The molecule has 1 amide bonds. The highest BCUT2D eigenvalue weighted by molar-refractivity contribution is 7.89. The van der Waals surface area contributed by atoms with Gasteiger partial charge in [-0.3, -0.25) is 14.5 Å². The van der Waals surface area contributed by atoms with Crippen LogP contribution in [0.3, 0.4) is 0 Å². The van der Waals surface area contributed by atoms with Crippen molar-refractivity contribution in [2.75, 3.05) is 4.90 Å². The molecule has 31 heavy (non-hydrogen) atoms. The maximum atomic E-state index is 13.0. The maximum Gasteiger partial charge on any atom is 0.300 e. The van der Waals surface area contributed by atoms with Crippen LogP contribution in [0.5, 0.6) is 0 Å². The van der Waals surface area contributed by atoms with Gasteiger partial charge < -0.3 is 5.11 Å². The quantitative estimate of drug-likeness (QED) is 0.356. The number of aliphatic hydroxyl groups excluding tert-OH is 1. The summed E-state index contributed by atoms with van der Waals surface area (Å²) in [5, 5.41) is 17.9. The molecule has 0 spiro atoms. The number of Topliss-reactive ketones (excluding diaryl/α,β-unsaturated/α-hetero) is 1. The van der Waals surface area contributed by atoms with Crippen molar-refractivity contribution < 1.29 is 23.1 Å². The zero-order valence-electron chi connectivity index (χ0n) is 16.3. The van der Waals surface area contributed by atoms with E-state index in [1.54, 1.807) is 36.4 Å². The number of amides is 1. The number of hydrogen-bond donors (Lipinski definition) is 2. The summed E-state index contributed by atoms with van der Waals surface area (Å²) in [5.74, 6) is -1.89. The highest BCUT2D eigenvalue weighted by Crippen LogP contribution is 2.43. The van der Waals surface area contributed by atoms with Gasteiger partial charge in [0.25, 0.3) is 11.7 Å². The number of thiophene rings is 1. The second kappa shape index (κ2) is 7.77. The van der Waals surface area contributed by atoms with Gasteiger partial charge in [-0.05, 0) is 42.6 Å². The van der Waals surface area contributed by atoms with Crippen LogP contribution >= 0.6 is 11.3 Å². The van der Waals surface area contributed by atoms with Crippen LogP contribution in [-0.4, -0.2) is 25.2 Å². The molecule has 2 heterocycles. The van der Waals surface area contributed by atoms with Crippen LogP contribution in [0.25, 0.3) is 5.76 Å². The molecule has 9 heteroatoms. The van der Waals surface area contributed by atoms with Gasteiger partial charge in [0.15, 0.2) is 0 Å². The number of aliphatic hydroxyl groups is 1. The molecule has 2 aromatic carbocycles. The van der Waals surface area contributed by atoms with Crippen LogP contribution in [0.2, 0.25) is 0 Å². The van der Waals surface area contributed by atoms with Crippen molar-refractivity contribution in [3.05, 3.63) is 87.6 Å². The van der Waals surface area contributed by atoms with E-state index in [9.17, 15) is 23.1 Å². The van der Waals surface area contributed by atoms with Crippen LogP contribution in [0, 0.1) is 6.92 Å². The van der Waals surface area contributed by atoms with Gasteiger partial charge in [0.05, 0.1) is 10.5 Å². The number of anilines is 1. The zero-order chi connectivity index (χ0) is 22.3. The summed E-state index contributed by atoms with van der Waals surface area (Å²) in [4.78, 5) is 27.8. The first-order valence-corrected chi connectivity index (χ1v) is 11.7. The number of hydrogen-bond acceptors (Lipinski definition) is 6. The number of ketones is 1. The predicted octanol–water partition coefficient (Wildman–Crippen LogP) is 3.33. The first-order chi connectivity index (χ1) is 14.7. The summed E-state index contributed by atoms with van der Waals surface area (Å²) in [7, 11) is -3.91. The Morgan fingerprint density at radius 2 is 1.68 bits per heavy atom. The minimum absolute atomic E-state index is 0.0215. The number of nitrogens with two attached hydrogens (primary N) is 1. The fourth-order valence-electron chi connectivity index (χ4n) is 3.48. The normalized spacial score (nSPS) is 18.5. The number of primary sulfonamides is 1. The number of carbonyl (C=O) groups excluding carboxylic acids is 2. The minimum Gasteiger partial charge on any atom is -0.507 e. The molecule has 1 aliphatic heterocycles. The van der Waals surface area contributed by atoms with E-state index >= 15 is 0 Å². The molecule has 0 saturated carbocycles. The van der Waals surface area contributed by atoms with Gasteiger partial charge in [-0.15, -0.1) is 11.3 Å². The molecule has 3 aromatic rings. The van der Waals surface area contributed by atoms with E-state index in [1.807, 2.05) is 12.3 Å². The van der Waals surface area contributed by atoms with E-state index in [0.29, 0.717) is 16.1 Å². The molecular formula is C22H18N2O5S2. The van der Waals surface area contributed by atoms with Gasteiger partial charge in [-0.25, -0.2) is 13.6 Å². The summed E-state index contributed by atoms with van der Waals surface area (Å²) in [5.41, 5.74) is 1.71. The van der Waals surface area contributed by atoms with Crippen molar-refractivity contribution in [3.8, 4) is 0 Å². The van der Waals surface area contributed by atoms with E-state index in [2.05, 4.69) is 0 Å². The Balaban J connectivity index is 1.88. The highest BCUT2D eigenvalue weighted by Gasteiger charge is 2.47. The van der Waals surface area contributed by atoms with Gasteiger partial charge in [-0.2, -0.15) is 0 Å². The Bertz CT molecular complexity index is 1290. The third-order valence-corrected chi connectivity index (χ3v) is 6.88. The van der Waals surface area contributed by atoms with Gasteiger partial charge >= 0.3 is 0 Å². The Morgan fingerprint density at radius 1 is 1.03 bits per heavy atom. The van der Waals surface area contributed by atoms with Gasteiger partial charge in [-0.1, -0.05) is 35.9 Å². The van der Waals surface area contributed by atoms with E-state index in [1.165, 1.54) is 40.5 Å². The van der Waals surface area contributed by atoms with Crippen LogP contribution < -0.4 is 10.0 Å². The SMILES string of the molecule is Cc1ccc(/C(O)=C2/C(=O)C(=O)N(c3ccc(S(N)(=O)=O)cc3)C2c2cccs2)cc1. The summed E-state index contributed by atoms with van der Waals surface area (Å²) in [6.07, 6.45) is 0. The Morgan fingerprint density at radius 3 is 2.23 bits per heavy atom. The van der Waals surface area contributed by atoms with E-state index in [-0.39, 0.29) is 16.2 Å². The highest BCUT2D eigenvalue weighted by atomic mass is 32.2. The van der Waals surface area contributed by atoms with E-state index in [4.69, 9.17) is 5.14 Å². The molecule has 7 nitrogen and oxygen atoms in total. The number of carbonyl (C=O) groups is 2. The monoisotopic (exact) mass is 454 g/mol. The number of nitrogens with zero attached hydrogens (tertiary/aromatic N) is 1. The first kappa shape index (κ1) is 21.0. The average Bonchev–Trinajstić information content (AvgIpc) is 3.35. The van der Waals surface area contributed by atoms with Gasteiger partial charge in [0.2, 0.25) is 10.0 Å². The third kappa shape index (κ3) is 3.78. The molecule has 3 N–H and O–H groups in total. The van der Waals surface area contributed by atoms with E-state index in [0.717, 1.165) is 5.56 Å². The Hall–Kier alpha value is -3.27. The van der Waals surface area contributed by atoms with Crippen LogP contribution in [0.1, 0.15) is 22.0 Å². The van der Waals surface area contributed by atoms with Crippen molar-refractivity contribution in [3.63, 3.8) is 0 Å². The van der Waals surface area contributed by atoms with Crippen LogP contribution in [0.15, 0.2) is 76.5 Å². The van der Waals surface area contributed by atoms with E-state index < -0.39 is 27.8 Å². The van der Waals surface area contributed by atoms with Crippen molar-refractivity contribution in [2.45, 2.75) is 17.9 Å². The molecule has 1 fully saturated rings. The van der Waals surface area contributed by atoms with Crippen LogP contribution in [-0.2, 0) is 19.6 Å². The molecular weight excluding hydrogens is 436 g/mol. The topological polar surface area (TPSA) is 118 Å². The lowest BCUT2D eigenvalue weighted by atomic mass is 9.99. The smallest absolute Gasteiger partial charge is 0.300 e. The fourth-order valence-corrected chi connectivity index (χ4v) is 4.82. The standard InChI is InChI=1S/C22H18N2O5S2/c1-13-4-6-14(7-5-13)20(25)18-19(17-3-2-12-30-17)24(22(27)21(18)26)15-8-10-16(11-9-15)31(23,28)29/h2-12,19,25H,1H3,(H2,23,28,29)/b20-18-. The lowest BCUT2D eigenvalue weighted by molar-refractivity contribution is -0.132. The Labute approximate surface area is 183 Å². The van der Waals surface area contributed by atoms with Crippen molar-refractivity contribution >= 4 is 44.5 Å². The molecule has 1 aromatic heterocycles. The van der Waals surface area contributed by atoms with Gasteiger partial charge in [0.1, 0.15) is 11.8 Å². The minimum atomic E-state index is -3.91. The van der Waals surface area contributed by atoms with Crippen molar-refractivity contribution in [2.24, 2.45) is 5.14 Å². The van der Waals surface area contributed by atoms with Gasteiger partial charge in [0, 0.05) is 16.1 Å². The average molecular weight is 455 g/mol. The van der Waals surface area contributed by atoms with Crippen LogP contribution in [0.4, 0.5) is 5.69 Å². The molecule has 0 radical (unpaired) electrons. The number of sulfonamides is 1. The molecule has 1 atom stereocenters. The summed E-state index contributed by atoms with van der Waals surface area (Å²) >= 11 is 1.34. The fraction of sp³-hybridized carbons (Fsp3) is 0.0909. The first-order valence-electron chi connectivity index (χ1n) is 9.23. The van der Waals surface area contributed by atoms with Crippen molar-refractivity contribution in [1.29, 1.82) is 0 Å². The second-order valence-electron chi connectivity index (χ2n) is 7.09.